The highest BCUT2D eigenvalue weighted by atomic mass is 19.4. The first-order valence-corrected chi connectivity index (χ1v) is 9.38. The number of fused-ring (bicyclic) bond motifs is 1. The minimum atomic E-state index is -5.02. The van der Waals surface area contributed by atoms with Gasteiger partial charge in [-0.15, -0.1) is 6.58 Å². The normalized spacial score (nSPS) is 20.7. The van der Waals surface area contributed by atoms with Gasteiger partial charge in [-0.2, -0.15) is 18.2 Å². The number of aliphatic hydroxyl groups excluding tert-OH is 1. The van der Waals surface area contributed by atoms with E-state index in [0.717, 1.165) is 0 Å². The van der Waals surface area contributed by atoms with Gasteiger partial charge in [-0.05, 0) is 0 Å². The van der Waals surface area contributed by atoms with E-state index in [1.165, 1.54) is 10.8 Å². The Kier molecular flexibility index (Phi) is 6.87. The summed E-state index contributed by atoms with van der Waals surface area (Å²) in [6.07, 6.45) is -3.48. The van der Waals surface area contributed by atoms with E-state index in [2.05, 4.69) is 28.4 Å². The van der Waals surface area contributed by atoms with Crippen molar-refractivity contribution in [3.63, 3.8) is 0 Å². The number of carbonyl (C=O) groups is 1. The summed E-state index contributed by atoms with van der Waals surface area (Å²) in [5, 5.41) is 11.3. The van der Waals surface area contributed by atoms with Gasteiger partial charge in [0.25, 0.3) is 5.56 Å². The molecule has 3 rings (SSSR count). The smallest absolute Gasteiger partial charge is 0.394 e. The molecule has 32 heavy (non-hydrogen) atoms. The summed E-state index contributed by atoms with van der Waals surface area (Å²) < 4.78 is 49.7. The zero-order chi connectivity index (χ0) is 23.5. The predicted molar refractivity (Wildman–Crippen MR) is 106 cm³/mol. The maximum Gasteiger partial charge on any atom is 0.471 e. The lowest BCUT2D eigenvalue weighted by molar-refractivity contribution is -0.173. The highest BCUT2D eigenvalue weighted by Gasteiger charge is 2.38. The van der Waals surface area contributed by atoms with E-state index in [0.29, 0.717) is 6.42 Å². The number of halogens is 3. The first-order chi connectivity index (χ1) is 15.2. The van der Waals surface area contributed by atoms with E-state index >= 15 is 0 Å². The highest BCUT2D eigenvalue weighted by Crippen LogP contribution is 2.33. The molecular formula is C19H20F3N5O5. The summed E-state index contributed by atoms with van der Waals surface area (Å²) in [4.78, 5) is 29.8. The van der Waals surface area contributed by atoms with E-state index in [1.807, 2.05) is 0 Å². The van der Waals surface area contributed by atoms with Gasteiger partial charge in [-0.3, -0.25) is 14.6 Å². The topological polar surface area (TPSA) is 144 Å². The standard InChI is InChI=1S/C19H20F3N5O5/c1-2-6-31-11-7-13(32-12(11)9-28)27-8-10(4-3-5-24-17(30)19(20,21)22)14-15(27)25-18(23)26-16(14)29/h2,8,11-13,28H,1,5-7,9H2,(H,24,30)(H3,23,25,26,29). The number of nitrogen functional groups attached to an aromatic ring is 1. The molecule has 3 atom stereocenters. The first-order valence-electron chi connectivity index (χ1n) is 9.38. The Hall–Kier alpha value is -3.34. The number of aromatic nitrogens is 3. The monoisotopic (exact) mass is 455 g/mol. The second-order valence-electron chi connectivity index (χ2n) is 6.79. The van der Waals surface area contributed by atoms with Crippen LogP contribution in [-0.4, -0.2) is 63.7 Å². The number of aromatic amines is 1. The van der Waals surface area contributed by atoms with E-state index in [-0.39, 0.29) is 35.8 Å². The van der Waals surface area contributed by atoms with Crippen molar-refractivity contribution in [1.82, 2.24) is 19.9 Å². The Labute approximate surface area is 179 Å². The van der Waals surface area contributed by atoms with Crippen LogP contribution >= 0.6 is 0 Å². The zero-order valence-electron chi connectivity index (χ0n) is 16.6. The van der Waals surface area contributed by atoms with E-state index < -0.39 is 42.6 Å². The van der Waals surface area contributed by atoms with Gasteiger partial charge in [0, 0.05) is 12.6 Å². The summed E-state index contributed by atoms with van der Waals surface area (Å²) in [6, 6.07) is 0. The summed E-state index contributed by atoms with van der Waals surface area (Å²) in [7, 11) is 0. The van der Waals surface area contributed by atoms with Crippen molar-refractivity contribution in [3.05, 3.63) is 34.8 Å². The molecule has 3 heterocycles. The molecule has 0 aromatic carbocycles. The Morgan fingerprint density at radius 3 is 2.97 bits per heavy atom. The number of amides is 1. The molecule has 1 fully saturated rings. The summed E-state index contributed by atoms with van der Waals surface area (Å²) in [5.41, 5.74) is 5.34. The summed E-state index contributed by atoms with van der Waals surface area (Å²) in [6.45, 7) is 2.92. The van der Waals surface area contributed by atoms with Crippen LogP contribution in [-0.2, 0) is 14.3 Å². The Morgan fingerprint density at radius 1 is 1.56 bits per heavy atom. The maximum absolute atomic E-state index is 12.5. The minimum Gasteiger partial charge on any atom is -0.394 e. The van der Waals surface area contributed by atoms with Crippen molar-refractivity contribution in [2.45, 2.75) is 31.0 Å². The van der Waals surface area contributed by atoms with Crippen LogP contribution in [0.3, 0.4) is 0 Å². The fourth-order valence-electron chi connectivity index (χ4n) is 3.25. The average Bonchev–Trinajstić information content (AvgIpc) is 3.29. The molecule has 2 aromatic heterocycles. The number of nitrogens with zero attached hydrogens (tertiary/aromatic N) is 2. The molecule has 1 amide bonds. The van der Waals surface area contributed by atoms with Crippen LogP contribution in [0.5, 0.6) is 0 Å². The van der Waals surface area contributed by atoms with E-state index in [9.17, 15) is 27.9 Å². The van der Waals surface area contributed by atoms with E-state index in [1.54, 1.807) is 11.4 Å². The lowest BCUT2D eigenvalue weighted by Crippen LogP contribution is -2.36. The van der Waals surface area contributed by atoms with Crippen molar-refractivity contribution < 1.29 is 32.5 Å². The van der Waals surface area contributed by atoms with Crippen LogP contribution in [0.15, 0.2) is 23.6 Å². The number of ether oxygens (including phenoxy) is 2. The zero-order valence-corrected chi connectivity index (χ0v) is 16.6. The van der Waals surface area contributed by atoms with Gasteiger partial charge in [0.2, 0.25) is 5.95 Å². The number of carbonyl (C=O) groups excluding carboxylic acids is 1. The number of hydrogen-bond acceptors (Lipinski definition) is 7. The lowest BCUT2D eigenvalue weighted by Gasteiger charge is -2.15. The number of hydrogen-bond donors (Lipinski definition) is 4. The third-order valence-corrected chi connectivity index (χ3v) is 4.62. The molecule has 10 nitrogen and oxygen atoms in total. The third kappa shape index (κ3) is 4.93. The van der Waals surface area contributed by atoms with E-state index in [4.69, 9.17) is 15.2 Å². The van der Waals surface area contributed by atoms with Gasteiger partial charge < -0.3 is 30.2 Å². The molecule has 0 aliphatic carbocycles. The number of nitrogens with two attached hydrogens (primary N) is 1. The molecule has 1 aliphatic heterocycles. The molecule has 172 valence electrons. The van der Waals surface area contributed by atoms with Crippen molar-refractivity contribution >= 4 is 22.9 Å². The number of aliphatic hydroxyl groups is 1. The molecular weight excluding hydrogens is 435 g/mol. The molecule has 13 heteroatoms. The maximum atomic E-state index is 12.5. The molecule has 3 unspecified atom stereocenters. The Morgan fingerprint density at radius 2 is 2.31 bits per heavy atom. The number of nitrogens with one attached hydrogen (secondary N) is 2. The third-order valence-electron chi connectivity index (χ3n) is 4.62. The van der Waals surface area contributed by atoms with Gasteiger partial charge >= 0.3 is 12.1 Å². The Balaban J connectivity index is 1.92. The lowest BCUT2D eigenvalue weighted by atomic mass is 10.2. The van der Waals surface area contributed by atoms with Crippen LogP contribution in [0, 0.1) is 11.8 Å². The Bertz CT molecular complexity index is 1130. The molecule has 1 saturated heterocycles. The first kappa shape index (κ1) is 23.3. The summed E-state index contributed by atoms with van der Waals surface area (Å²) in [5.74, 6) is 2.66. The molecule has 0 spiro atoms. The van der Waals surface area contributed by atoms with Crippen LogP contribution in [0.1, 0.15) is 18.2 Å². The van der Waals surface area contributed by atoms with Crippen molar-refractivity contribution in [2.75, 3.05) is 25.5 Å². The number of alkyl halides is 3. The van der Waals surface area contributed by atoms with Crippen LogP contribution in [0.4, 0.5) is 19.1 Å². The summed E-state index contributed by atoms with van der Waals surface area (Å²) >= 11 is 0. The molecule has 2 aromatic rings. The van der Waals surface area contributed by atoms with Gasteiger partial charge in [0.1, 0.15) is 12.3 Å². The molecule has 0 saturated carbocycles. The minimum absolute atomic E-state index is 0.0495. The highest BCUT2D eigenvalue weighted by molar-refractivity contribution is 5.84. The second kappa shape index (κ2) is 9.43. The van der Waals surface area contributed by atoms with Gasteiger partial charge in [-0.1, -0.05) is 17.9 Å². The van der Waals surface area contributed by atoms with Gasteiger partial charge in [0.15, 0.2) is 5.65 Å². The second-order valence-corrected chi connectivity index (χ2v) is 6.79. The van der Waals surface area contributed by atoms with Gasteiger partial charge in [-0.25, -0.2) is 0 Å². The molecule has 0 radical (unpaired) electrons. The predicted octanol–water partition coefficient (Wildman–Crippen LogP) is 0.188. The van der Waals surface area contributed by atoms with Crippen molar-refractivity contribution in [2.24, 2.45) is 0 Å². The average molecular weight is 455 g/mol. The number of H-pyrrole nitrogens is 1. The van der Waals surface area contributed by atoms with Crippen molar-refractivity contribution in [1.29, 1.82) is 0 Å². The molecule has 1 aliphatic rings. The number of anilines is 1. The fraction of sp³-hybridized carbons (Fsp3) is 0.421. The van der Waals surface area contributed by atoms with Crippen molar-refractivity contribution in [3.8, 4) is 11.8 Å². The van der Waals surface area contributed by atoms with Crippen LogP contribution in [0.2, 0.25) is 0 Å². The quantitative estimate of drug-likeness (QED) is 0.359. The number of rotatable bonds is 6. The van der Waals surface area contributed by atoms with Crippen LogP contribution < -0.4 is 16.6 Å². The molecule has 0 bridgehead atoms. The largest absolute Gasteiger partial charge is 0.471 e. The molecule has 5 N–H and O–H groups in total. The van der Waals surface area contributed by atoms with Gasteiger partial charge in [0.05, 0.1) is 36.8 Å². The van der Waals surface area contributed by atoms with Crippen LogP contribution in [0.25, 0.3) is 11.0 Å². The SMILES string of the molecule is C=CCOC1CC(n2cc(C#CCNC(=O)C(F)(F)F)c3c(=O)[nH]c(N)nc32)OC1CO. The fourth-order valence-corrected chi connectivity index (χ4v) is 3.25.